The fraction of sp³-hybridized carbons (Fsp3) is 0.538. The summed E-state index contributed by atoms with van der Waals surface area (Å²) < 4.78 is 0.701. The van der Waals surface area contributed by atoms with Crippen molar-refractivity contribution in [2.75, 3.05) is 12.4 Å². The fourth-order valence-electron chi connectivity index (χ4n) is 1.64. The van der Waals surface area contributed by atoms with E-state index in [1.54, 1.807) is 18.3 Å². The van der Waals surface area contributed by atoms with Crippen molar-refractivity contribution in [2.45, 2.75) is 26.7 Å². The summed E-state index contributed by atoms with van der Waals surface area (Å²) in [5, 5.41) is 2.92. The number of amides is 1. The molecule has 0 saturated heterocycles. The zero-order valence-electron chi connectivity index (χ0n) is 10.7. The average molecular weight is 334 g/mol. The van der Waals surface area contributed by atoms with Gasteiger partial charge >= 0.3 is 0 Å². The van der Waals surface area contributed by atoms with Crippen molar-refractivity contribution >= 4 is 33.4 Å². The smallest absolute Gasteiger partial charge is 0.271 e. The largest absolute Gasteiger partial charge is 0.350 e. The first kappa shape index (κ1) is 15.4. The number of hydrogen-bond donors (Lipinski definition) is 1. The molecule has 0 fully saturated rings. The van der Waals surface area contributed by atoms with E-state index >= 15 is 0 Å². The van der Waals surface area contributed by atoms with Crippen molar-refractivity contribution in [3.8, 4) is 0 Å². The normalized spacial score (nSPS) is 11.3. The molecule has 1 N–H and O–H groups in total. The number of nitrogens with zero attached hydrogens (tertiary/aromatic N) is 1. The van der Waals surface area contributed by atoms with Crippen LogP contribution in [0.5, 0.6) is 0 Å². The molecule has 3 nitrogen and oxygen atoms in total. The number of nitrogens with one attached hydrogen (secondary N) is 1. The Kier molecular flexibility index (Phi) is 6.09. The third-order valence-corrected chi connectivity index (χ3v) is 4.59. The quantitative estimate of drug-likeness (QED) is 0.808. The maximum absolute atomic E-state index is 12.0. The van der Waals surface area contributed by atoms with E-state index in [4.69, 9.17) is 11.6 Å². The number of carbonyl (C=O) groups excluding carboxylic acids is 1. The summed E-state index contributed by atoms with van der Waals surface area (Å²) in [6.45, 7) is 4.76. The van der Waals surface area contributed by atoms with Crippen LogP contribution in [0.25, 0.3) is 0 Å². The van der Waals surface area contributed by atoms with Gasteiger partial charge in [-0.1, -0.05) is 13.8 Å². The van der Waals surface area contributed by atoms with Crippen molar-refractivity contribution in [3.63, 3.8) is 0 Å². The molecule has 0 radical (unpaired) electrons. The predicted octanol–water partition coefficient (Wildman–Crippen LogP) is 3.62. The molecular weight excluding hydrogens is 316 g/mol. The highest BCUT2D eigenvalue weighted by molar-refractivity contribution is 9.10. The van der Waals surface area contributed by atoms with Crippen LogP contribution in [0.4, 0.5) is 0 Å². The van der Waals surface area contributed by atoms with E-state index < -0.39 is 0 Å². The monoisotopic (exact) mass is 332 g/mol. The number of carbonyl (C=O) groups is 1. The molecule has 1 amide bonds. The molecule has 0 aromatic carbocycles. The summed E-state index contributed by atoms with van der Waals surface area (Å²) in [4.78, 5) is 16.1. The Morgan fingerprint density at radius 3 is 2.67 bits per heavy atom. The van der Waals surface area contributed by atoms with E-state index in [-0.39, 0.29) is 11.3 Å². The van der Waals surface area contributed by atoms with Crippen molar-refractivity contribution in [3.05, 3.63) is 28.5 Å². The number of aromatic nitrogens is 1. The van der Waals surface area contributed by atoms with Crippen LogP contribution in [0, 0.1) is 5.41 Å². The molecule has 0 aliphatic heterocycles. The van der Waals surface area contributed by atoms with Gasteiger partial charge in [0.1, 0.15) is 5.69 Å². The van der Waals surface area contributed by atoms with Gasteiger partial charge in [0.05, 0.1) is 0 Å². The van der Waals surface area contributed by atoms with Crippen LogP contribution < -0.4 is 5.32 Å². The summed E-state index contributed by atoms with van der Waals surface area (Å²) in [6, 6.07) is 3.58. The van der Waals surface area contributed by atoms with Gasteiger partial charge in [-0.15, -0.1) is 11.6 Å². The van der Waals surface area contributed by atoms with Crippen molar-refractivity contribution in [1.82, 2.24) is 10.3 Å². The lowest BCUT2D eigenvalue weighted by molar-refractivity contribution is 0.0926. The van der Waals surface area contributed by atoms with Gasteiger partial charge in [-0.3, -0.25) is 4.79 Å². The average Bonchev–Trinajstić information content (AvgIpc) is 2.41. The van der Waals surface area contributed by atoms with Gasteiger partial charge in [0, 0.05) is 28.5 Å². The number of rotatable bonds is 6. The molecule has 0 aliphatic rings. The number of pyridine rings is 1. The van der Waals surface area contributed by atoms with E-state index in [1.807, 2.05) is 0 Å². The van der Waals surface area contributed by atoms with Crippen LogP contribution in [0.3, 0.4) is 0 Å². The van der Waals surface area contributed by atoms with Crippen LogP contribution in [0.15, 0.2) is 22.8 Å². The highest BCUT2D eigenvalue weighted by Crippen LogP contribution is 2.27. The molecule has 1 rings (SSSR count). The third kappa shape index (κ3) is 3.69. The van der Waals surface area contributed by atoms with Gasteiger partial charge in [0.15, 0.2) is 0 Å². The Morgan fingerprint density at radius 2 is 2.17 bits per heavy atom. The van der Waals surface area contributed by atoms with Crippen LogP contribution in [0.2, 0.25) is 0 Å². The predicted molar refractivity (Wildman–Crippen MR) is 78.0 cm³/mol. The second-order valence-corrected chi connectivity index (χ2v) is 5.48. The highest BCUT2D eigenvalue weighted by atomic mass is 79.9. The molecule has 100 valence electrons. The summed E-state index contributed by atoms with van der Waals surface area (Å²) in [5.41, 5.74) is 0.381. The van der Waals surface area contributed by atoms with Crippen LogP contribution in [0.1, 0.15) is 37.2 Å². The van der Waals surface area contributed by atoms with Gasteiger partial charge in [-0.25, -0.2) is 4.98 Å². The molecule has 0 bridgehead atoms. The van der Waals surface area contributed by atoms with E-state index in [0.717, 1.165) is 12.8 Å². The highest BCUT2D eigenvalue weighted by Gasteiger charge is 2.26. The fourth-order valence-corrected chi connectivity index (χ4v) is 2.55. The molecule has 0 saturated carbocycles. The Bertz CT molecular complexity index is 399. The zero-order chi connectivity index (χ0) is 13.6. The van der Waals surface area contributed by atoms with Crippen molar-refractivity contribution < 1.29 is 4.79 Å². The minimum Gasteiger partial charge on any atom is -0.350 e. The minimum atomic E-state index is -0.168. The van der Waals surface area contributed by atoms with E-state index in [0.29, 0.717) is 22.6 Å². The molecule has 0 aliphatic carbocycles. The minimum absolute atomic E-state index is 0.0293. The lowest BCUT2D eigenvalue weighted by Gasteiger charge is -2.29. The van der Waals surface area contributed by atoms with E-state index in [2.05, 4.69) is 40.1 Å². The molecule has 1 heterocycles. The second-order valence-electron chi connectivity index (χ2n) is 4.36. The van der Waals surface area contributed by atoms with Crippen LogP contribution in [-0.2, 0) is 0 Å². The summed E-state index contributed by atoms with van der Waals surface area (Å²) in [5.74, 6) is 0.378. The first-order valence-electron chi connectivity index (χ1n) is 6.03. The van der Waals surface area contributed by atoms with E-state index in [9.17, 15) is 4.79 Å². The molecule has 0 atom stereocenters. The molecular formula is C13H18BrClN2O. The lowest BCUT2D eigenvalue weighted by Crippen LogP contribution is -2.38. The lowest BCUT2D eigenvalue weighted by atomic mass is 9.84. The zero-order valence-corrected chi connectivity index (χ0v) is 13.0. The molecule has 5 heteroatoms. The Balaban J connectivity index is 2.69. The van der Waals surface area contributed by atoms with Crippen molar-refractivity contribution in [2.24, 2.45) is 5.41 Å². The third-order valence-electron chi connectivity index (χ3n) is 3.38. The van der Waals surface area contributed by atoms with Gasteiger partial charge in [-0.05, 0) is 40.9 Å². The molecule has 0 unspecified atom stereocenters. The van der Waals surface area contributed by atoms with Gasteiger partial charge in [-0.2, -0.15) is 0 Å². The van der Waals surface area contributed by atoms with Gasteiger partial charge < -0.3 is 5.32 Å². The molecule has 18 heavy (non-hydrogen) atoms. The number of hydrogen-bond acceptors (Lipinski definition) is 2. The summed E-state index contributed by atoms with van der Waals surface area (Å²) >= 11 is 9.33. The molecule has 1 aromatic heterocycles. The maximum Gasteiger partial charge on any atom is 0.271 e. The Labute approximate surface area is 121 Å². The Morgan fingerprint density at radius 1 is 1.50 bits per heavy atom. The van der Waals surface area contributed by atoms with Crippen molar-refractivity contribution in [1.29, 1.82) is 0 Å². The van der Waals surface area contributed by atoms with Crippen LogP contribution in [-0.4, -0.2) is 23.3 Å². The Hall–Kier alpha value is -0.610. The topological polar surface area (TPSA) is 42.0 Å². The molecule has 0 spiro atoms. The SMILES string of the molecule is CCC(CC)(CCl)CNC(=O)c1ncccc1Br. The van der Waals surface area contributed by atoms with E-state index in [1.165, 1.54) is 0 Å². The summed E-state index contributed by atoms with van der Waals surface area (Å²) in [7, 11) is 0. The molecule has 1 aromatic rings. The number of alkyl halides is 1. The van der Waals surface area contributed by atoms with Crippen LogP contribution >= 0.6 is 27.5 Å². The standard InChI is InChI=1S/C13H18BrClN2O/c1-3-13(4-2,8-15)9-17-12(18)11-10(14)6-5-7-16-11/h5-7H,3-4,8-9H2,1-2H3,(H,17,18). The van der Waals surface area contributed by atoms with Gasteiger partial charge in [0.2, 0.25) is 0 Å². The first-order chi connectivity index (χ1) is 8.58. The maximum atomic E-state index is 12.0. The summed E-state index contributed by atoms with van der Waals surface area (Å²) in [6.07, 6.45) is 3.49. The van der Waals surface area contributed by atoms with Gasteiger partial charge in [0.25, 0.3) is 5.91 Å². The second kappa shape index (κ2) is 7.10. The first-order valence-corrected chi connectivity index (χ1v) is 7.36. The number of halogens is 2.